The van der Waals surface area contributed by atoms with Crippen LogP contribution in [0.25, 0.3) is 5.65 Å². The maximum atomic E-state index is 10.5. The van der Waals surface area contributed by atoms with Crippen molar-refractivity contribution < 1.29 is 5.11 Å². The molecule has 7 heteroatoms. The molecule has 1 aliphatic rings. The summed E-state index contributed by atoms with van der Waals surface area (Å²) in [7, 11) is 0. The Morgan fingerprint density at radius 2 is 2.17 bits per heavy atom. The SMILES string of the molecule is Cc1cc(N2CCC(C(O)c3cccs3)CC2)c2nncn2n1. The maximum absolute atomic E-state index is 10.5. The van der Waals surface area contributed by atoms with Gasteiger partial charge in [0.25, 0.3) is 0 Å². The Morgan fingerprint density at radius 3 is 2.91 bits per heavy atom. The van der Waals surface area contributed by atoms with E-state index in [9.17, 15) is 5.11 Å². The van der Waals surface area contributed by atoms with Gasteiger partial charge in [0.15, 0.2) is 0 Å². The van der Waals surface area contributed by atoms with Crippen LogP contribution in [0.15, 0.2) is 29.9 Å². The van der Waals surface area contributed by atoms with Gasteiger partial charge in [0, 0.05) is 18.0 Å². The zero-order valence-electron chi connectivity index (χ0n) is 13.0. The van der Waals surface area contributed by atoms with Gasteiger partial charge in [-0.2, -0.15) is 9.61 Å². The molecule has 1 fully saturated rings. The van der Waals surface area contributed by atoms with Gasteiger partial charge in [-0.25, -0.2) is 0 Å². The molecule has 4 heterocycles. The van der Waals surface area contributed by atoms with E-state index in [-0.39, 0.29) is 6.10 Å². The highest BCUT2D eigenvalue weighted by molar-refractivity contribution is 7.10. The van der Waals surface area contributed by atoms with Crippen molar-refractivity contribution in [2.24, 2.45) is 5.92 Å². The number of piperidine rings is 1. The Kier molecular flexibility index (Phi) is 3.74. The highest BCUT2D eigenvalue weighted by Gasteiger charge is 2.28. The van der Waals surface area contributed by atoms with Crippen LogP contribution in [0.4, 0.5) is 5.69 Å². The lowest BCUT2D eigenvalue weighted by atomic mass is 9.90. The third kappa shape index (κ3) is 2.70. The van der Waals surface area contributed by atoms with E-state index < -0.39 is 0 Å². The van der Waals surface area contributed by atoms with Gasteiger partial charge in [0.05, 0.1) is 17.5 Å². The highest BCUT2D eigenvalue weighted by Crippen LogP contribution is 2.34. The molecule has 0 aromatic carbocycles. The first-order valence-electron chi connectivity index (χ1n) is 7.86. The molecule has 3 aromatic heterocycles. The van der Waals surface area contributed by atoms with Crippen LogP contribution in [0.1, 0.15) is 29.5 Å². The highest BCUT2D eigenvalue weighted by atomic mass is 32.1. The molecule has 23 heavy (non-hydrogen) atoms. The van der Waals surface area contributed by atoms with Crippen molar-refractivity contribution in [2.75, 3.05) is 18.0 Å². The van der Waals surface area contributed by atoms with Crippen LogP contribution >= 0.6 is 11.3 Å². The molecule has 4 rings (SSSR count). The van der Waals surface area contributed by atoms with Gasteiger partial charge in [0.1, 0.15) is 6.33 Å². The molecule has 120 valence electrons. The summed E-state index contributed by atoms with van der Waals surface area (Å²) in [5, 5.41) is 25.1. The molecule has 0 bridgehead atoms. The number of thiophene rings is 1. The molecule has 6 nitrogen and oxygen atoms in total. The molecule has 0 spiro atoms. The van der Waals surface area contributed by atoms with Crippen LogP contribution < -0.4 is 4.90 Å². The number of aromatic nitrogens is 4. The van der Waals surface area contributed by atoms with E-state index in [2.05, 4.69) is 26.3 Å². The molecule has 1 N–H and O–H groups in total. The topological polar surface area (TPSA) is 66.5 Å². The van der Waals surface area contributed by atoms with Crippen LogP contribution in [-0.4, -0.2) is 38.0 Å². The molecule has 0 amide bonds. The number of anilines is 1. The Hall–Kier alpha value is -1.99. The lowest BCUT2D eigenvalue weighted by Gasteiger charge is -2.35. The van der Waals surface area contributed by atoms with Crippen molar-refractivity contribution in [2.45, 2.75) is 25.9 Å². The van der Waals surface area contributed by atoms with Gasteiger partial charge in [-0.05, 0) is 43.2 Å². The fraction of sp³-hybridized carbons (Fsp3) is 0.438. The van der Waals surface area contributed by atoms with E-state index in [1.165, 1.54) is 0 Å². The Labute approximate surface area is 138 Å². The summed E-state index contributed by atoms with van der Waals surface area (Å²) in [6.07, 6.45) is 3.24. The average Bonchev–Trinajstić information content (AvgIpc) is 3.25. The Bertz CT molecular complexity index is 792. The molecule has 1 atom stereocenters. The number of fused-ring (bicyclic) bond motifs is 1. The second kappa shape index (κ2) is 5.90. The molecule has 3 aromatic rings. The fourth-order valence-electron chi connectivity index (χ4n) is 3.31. The van der Waals surface area contributed by atoms with Gasteiger partial charge >= 0.3 is 0 Å². The smallest absolute Gasteiger partial charge is 0.200 e. The summed E-state index contributed by atoms with van der Waals surface area (Å²) in [4.78, 5) is 3.40. The summed E-state index contributed by atoms with van der Waals surface area (Å²) in [5.74, 6) is 0.321. The summed E-state index contributed by atoms with van der Waals surface area (Å²) < 4.78 is 1.73. The zero-order valence-corrected chi connectivity index (χ0v) is 13.8. The number of aryl methyl sites for hydroxylation is 1. The zero-order chi connectivity index (χ0) is 15.8. The van der Waals surface area contributed by atoms with Crippen LogP contribution in [0, 0.1) is 12.8 Å². The number of aliphatic hydroxyl groups is 1. The van der Waals surface area contributed by atoms with Gasteiger partial charge in [-0.1, -0.05) is 6.07 Å². The van der Waals surface area contributed by atoms with Gasteiger partial charge in [-0.3, -0.25) is 0 Å². The normalized spacial score (nSPS) is 17.7. The molecule has 1 saturated heterocycles. The predicted molar refractivity (Wildman–Crippen MR) is 89.7 cm³/mol. The van der Waals surface area contributed by atoms with Gasteiger partial charge < -0.3 is 10.0 Å². The van der Waals surface area contributed by atoms with E-state index in [1.807, 2.05) is 24.4 Å². The molecule has 0 saturated carbocycles. The predicted octanol–water partition coefficient (Wildman–Crippen LogP) is 2.44. The average molecular weight is 329 g/mol. The quantitative estimate of drug-likeness (QED) is 0.799. The number of hydrogen-bond acceptors (Lipinski definition) is 6. The minimum absolute atomic E-state index is 0.321. The monoisotopic (exact) mass is 329 g/mol. The van der Waals surface area contributed by atoms with Crippen molar-refractivity contribution in [1.29, 1.82) is 0 Å². The summed E-state index contributed by atoms with van der Waals surface area (Å²) in [6, 6.07) is 6.09. The lowest BCUT2D eigenvalue weighted by Crippen LogP contribution is -2.36. The second-order valence-electron chi connectivity index (χ2n) is 6.05. The standard InChI is InChI=1S/C16H19N5OS/c1-11-9-13(16-18-17-10-21(16)19-11)20-6-4-12(5-7-20)15(22)14-3-2-8-23-14/h2-3,8-10,12,15,22H,4-7H2,1H3. The van der Waals surface area contributed by atoms with Crippen molar-refractivity contribution >= 4 is 22.7 Å². The van der Waals surface area contributed by atoms with Crippen molar-refractivity contribution in [3.8, 4) is 0 Å². The third-order valence-corrected chi connectivity index (χ3v) is 5.48. The molecule has 0 radical (unpaired) electrons. The number of hydrogen-bond donors (Lipinski definition) is 1. The van der Waals surface area contributed by atoms with Crippen LogP contribution in [0.2, 0.25) is 0 Å². The number of rotatable bonds is 3. The van der Waals surface area contributed by atoms with Crippen molar-refractivity contribution in [3.05, 3.63) is 40.5 Å². The van der Waals surface area contributed by atoms with Crippen LogP contribution in [-0.2, 0) is 0 Å². The molecular weight excluding hydrogens is 310 g/mol. The van der Waals surface area contributed by atoms with Crippen LogP contribution in [0.3, 0.4) is 0 Å². The number of nitrogens with zero attached hydrogens (tertiary/aromatic N) is 5. The van der Waals surface area contributed by atoms with E-state index in [1.54, 1.807) is 22.2 Å². The van der Waals surface area contributed by atoms with E-state index >= 15 is 0 Å². The lowest BCUT2D eigenvalue weighted by molar-refractivity contribution is 0.0962. The summed E-state index contributed by atoms with van der Waals surface area (Å²) >= 11 is 1.63. The van der Waals surface area contributed by atoms with E-state index in [0.29, 0.717) is 5.92 Å². The van der Waals surface area contributed by atoms with Crippen molar-refractivity contribution in [1.82, 2.24) is 19.8 Å². The largest absolute Gasteiger partial charge is 0.387 e. The summed E-state index contributed by atoms with van der Waals surface area (Å²) in [5.41, 5.74) is 2.83. The van der Waals surface area contributed by atoms with Crippen molar-refractivity contribution in [3.63, 3.8) is 0 Å². The Morgan fingerprint density at radius 1 is 1.35 bits per heavy atom. The number of aliphatic hydroxyl groups excluding tert-OH is 1. The third-order valence-electron chi connectivity index (χ3n) is 4.53. The van der Waals surface area contributed by atoms with Crippen LogP contribution in [0.5, 0.6) is 0 Å². The first-order valence-corrected chi connectivity index (χ1v) is 8.74. The molecule has 1 aliphatic heterocycles. The van der Waals surface area contributed by atoms with E-state index in [4.69, 9.17) is 0 Å². The second-order valence-corrected chi connectivity index (χ2v) is 7.03. The van der Waals surface area contributed by atoms with Gasteiger partial charge in [0.2, 0.25) is 5.65 Å². The van der Waals surface area contributed by atoms with Gasteiger partial charge in [-0.15, -0.1) is 21.5 Å². The first kappa shape index (κ1) is 14.6. The fourth-order valence-corrected chi connectivity index (χ4v) is 4.12. The molecule has 1 unspecified atom stereocenters. The first-order chi connectivity index (χ1) is 11.2. The minimum atomic E-state index is -0.343. The molecule has 0 aliphatic carbocycles. The minimum Gasteiger partial charge on any atom is -0.387 e. The maximum Gasteiger partial charge on any atom is 0.200 e. The molecular formula is C16H19N5OS. The Balaban J connectivity index is 1.52. The van der Waals surface area contributed by atoms with E-state index in [0.717, 1.165) is 47.8 Å². The summed E-state index contributed by atoms with van der Waals surface area (Å²) in [6.45, 7) is 3.81.